The summed E-state index contributed by atoms with van der Waals surface area (Å²) in [6.07, 6.45) is 9.03. The second kappa shape index (κ2) is 7.90. The minimum absolute atomic E-state index is 0.239. The van der Waals surface area contributed by atoms with Crippen LogP contribution in [0.5, 0.6) is 5.75 Å². The Kier molecular flexibility index (Phi) is 5.21. The summed E-state index contributed by atoms with van der Waals surface area (Å²) in [6, 6.07) is 8.08. The molecule has 1 spiro atoms. The maximum Gasteiger partial charge on any atom is 0.233 e. The van der Waals surface area contributed by atoms with Gasteiger partial charge in [-0.2, -0.15) is 0 Å². The van der Waals surface area contributed by atoms with Gasteiger partial charge in [-0.05, 0) is 37.0 Å². The molecule has 0 unspecified atom stereocenters. The molecule has 3 heterocycles. The normalized spacial score (nSPS) is 20.9. The van der Waals surface area contributed by atoms with Gasteiger partial charge in [-0.3, -0.25) is 4.79 Å². The largest absolute Gasteiger partial charge is 0.497 e. The highest BCUT2D eigenvalue weighted by Gasteiger charge is 2.56. The molecular formula is C25H31N3O3. The first-order valence-corrected chi connectivity index (χ1v) is 11.5. The predicted octanol–water partition coefficient (Wildman–Crippen LogP) is 3.91. The van der Waals surface area contributed by atoms with Crippen LogP contribution in [-0.4, -0.2) is 41.0 Å². The number of amides is 1. The summed E-state index contributed by atoms with van der Waals surface area (Å²) in [5, 5.41) is 0. The molecule has 6 nitrogen and oxygen atoms in total. The third-order valence-electron chi connectivity index (χ3n) is 7.31. The Balaban J connectivity index is 1.37. The maximum absolute atomic E-state index is 13.9. The van der Waals surface area contributed by atoms with Crippen molar-refractivity contribution >= 4 is 5.91 Å². The molecule has 1 saturated carbocycles. The summed E-state index contributed by atoms with van der Waals surface area (Å²) >= 11 is 0. The highest BCUT2D eigenvalue weighted by atomic mass is 16.5. The minimum Gasteiger partial charge on any atom is -0.497 e. The Morgan fingerprint density at radius 1 is 1.16 bits per heavy atom. The van der Waals surface area contributed by atoms with E-state index in [0.29, 0.717) is 19.7 Å². The summed E-state index contributed by atoms with van der Waals surface area (Å²) in [6.45, 7) is 3.83. The van der Waals surface area contributed by atoms with E-state index in [-0.39, 0.29) is 5.91 Å². The van der Waals surface area contributed by atoms with Crippen LogP contribution in [0, 0.1) is 0 Å². The molecule has 0 N–H and O–H groups in total. The van der Waals surface area contributed by atoms with Crippen molar-refractivity contribution in [2.75, 3.05) is 20.2 Å². The van der Waals surface area contributed by atoms with Gasteiger partial charge in [0.25, 0.3) is 0 Å². The second-order valence-corrected chi connectivity index (χ2v) is 9.21. The smallest absolute Gasteiger partial charge is 0.233 e. The Morgan fingerprint density at radius 2 is 1.90 bits per heavy atom. The summed E-state index contributed by atoms with van der Waals surface area (Å²) in [5.74, 6) is 1.95. The number of benzene rings is 1. The van der Waals surface area contributed by atoms with Crippen LogP contribution in [0.3, 0.4) is 0 Å². The lowest BCUT2D eigenvalue weighted by Crippen LogP contribution is -2.65. The number of carbonyl (C=O) groups excluding carboxylic acids is 1. The van der Waals surface area contributed by atoms with Crippen molar-refractivity contribution in [3.05, 3.63) is 53.1 Å². The monoisotopic (exact) mass is 421 g/mol. The van der Waals surface area contributed by atoms with E-state index in [1.807, 2.05) is 23.2 Å². The Labute approximate surface area is 184 Å². The van der Waals surface area contributed by atoms with Crippen LogP contribution in [0.15, 0.2) is 30.5 Å². The number of hydrogen-bond acceptors (Lipinski definition) is 5. The van der Waals surface area contributed by atoms with Crippen LogP contribution in [0.1, 0.15) is 68.1 Å². The number of aromatic nitrogens is 2. The van der Waals surface area contributed by atoms with Crippen LogP contribution >= 0.6 is 0 Å². The molecule has 2 aliphatic heterocycles. The maximum atomic E-state index is 13.9. The van der Waals surface area contributed by atoms with Crippen molar-refractivity contribution in [1.82, 2.24) is 14.9 Å². The van der Waals surface area contributed by atoms with Crippen LogP contribution < -0.4 is 4.74 Å². The molecule has 0 bridgehead atoms. The average Bonchev–Trinajstić information content (AvgIpc) is 3.17. The zero-order valence-corrected chi connectivity index (χ0v) is 18.5. The molecule has 1 aromatic carbocycles. The van der Waals surface area contributed by atoms with Gasteiger partial charge in [0.2, 0.25) is 5.91 Å². The zero-order valence-electron chi connectivity index (χ0n) is 18.5. The van der Waals surface area contributed by atoms with Gasteiger partial charge in [0, 0.05) is 18.2 Å². The molecule has 1 saturated heterocycles. The number of ether oxygens (including phenoxy) is 2. The number of methoxy groups -OCH3 is 1. The molecule has 6 heteroatoms. The molecule has 3 aliphatic rings. The van der Waals surface area contributed by atoms with E-state index in [0.717, 1.165) is 66.9 Å². The van der Waals surface area contributed by atoms with Gasteiger partial charge < -0.3 is 14.4 Å². The van der Waals surface area contributed by atoms with Crippen LogP contribution in [-0.2, 0) is 33.6 Å². The minimum atomic E-state index is -0.435. The Bertz CT molecular complexity index is 960. The van der Waals surface area contributed by atoms with Gasteiger partial charge in [-0.1, -0.05) is 38.3 Å². The van der Waals surface area contributed by atoms with E-state index in [1.165, 1.54) is 6.42 Å². The zero-order chi connectivity index (χ0) is 21.5. The van der Waals surface area contributed by atoms with Gasteiger partial charge in [-0.25, -0.2) is 9.97 Å². The second-order valence-electron chi connectivity index (χ2n) is 9.21. The molecule has 1 aliphatic carbocycles. The number of rotatable bonds is 5. The number of aryl methyl sites for hydroxylation is 1. The average molecular weight is 422 g/mol. The third-order valence-corrected chi connectivity index (χ3v) is 7.31. The van der Waals surface area contributed by atoms with Gasteiger partial charge in [0.15, 0.2) is 0 Å². The number of fused-ring (bicyclic) bond motifs is 2. The summed E-state index contributed by atoms with van der Waals surface area (Å²) in [5.41, 5.74) is 2.31. The number of nitrogens with zero attached hydrogens (tertiary/aromatic N) is 3. The third kappa shape index (κ3) is 3.32. The summed E-state index contributed by atoms with van der Waals surface area (Å²) in [7, 11) is 1.67. The van der Waals surface area contributed by atoms with Crippen molar-refractivity contribution in [3.8, 4) is 5.75 Å². The lowest BCUT2D eigenvalue weighted by molar-refractivity contribution is -0.175. The topological polar surface area (TPSA) is 64.6 Å². The van der Waals surface area contributed by atoms with Crippen LogP contribution in [0.25, 0.3) is 0 Å². The van der Waals surface area contributed by atoms with Crippen molar-refractivity contribution in [2.24, 2.45) is 0 Å². The van der Waals surface area contributed by atoms with E-state index in [4.69, 9.17) is 14.5 Å². The van der Waals surface area contributed by atoms with Crippen molar-refractivity contribution in [3.63, 3.8) is 0 Å². The van der Waals surface area contributed by atoms with Gasteiger partial charge in [0.1, 0.15) is 17.2 Å². The fourth-order valence-corrected chi connectivity index (χ4v) is 5.55. The van der Waals surface area contributed by atoms with E-state index in [1.54, 1.807) is 7.11 Å². The van der Waals surface area contributed by atoms with E-state index in [9.17, 15) is 4.79 Å². The first-order valence-electron chi connectivity index (χ1n) is 11.5. The van der Waals surface area contributed by atoms with Crippen molar-refractivity contribution in [1.29, 1.82) is 0 Å². The molecule has 31 heavy (non-hydrogen) atoms. The first kappa shape index (κ1) is 20.4. The van der Waals surface area contributed by atoms with Gasteiger partial charge in [0.05, 0.1) is 37.9 Å². The summed E-state index contributed by atoms with van der Waals surface area (Å²) < 4.78 is 11.5. The standard InChI is InChI=1S/C25H31N3O3/c1-3-7-22-26-14-20-21(27-22)15-31-25(20)16-28(17-25)23(29)24(12-5-4-6-13-24)18-8-10-19(30-2)11-9-18/h8-11,14H,3-7,12-13,15-17H2,1-2H3. The van der Waals surface area contributed by atoms with Crippen molar-refractivity contribution < 1.29 is 14.3 Å². The highest BCUT2D eigenvalue weighted by Crippen LogP contribution is 2.47. The molecule has 5 rings (SSSR count). The molecule has 164 valence electrons. The number of carbonyl (C=O) groups is 1. The molecule has 0 radical (unpaired) electrons. The SMILES string of the molecule is CCCc1ncc2c(n1)COC21CN(C(=O)C2(c3ccc(OC)cc3)CCCCC2)C1. The summed E-state index contributed by atoms with van der Waals surface area (Å²) in [4.78, 5) is 25.1. The first-order chi connectivity index (χ1) is 15.1. The van der Waals surface area contributed by atoms with Gasteiger partial charge >= 0.3 is 0 Å². The molecule has 2 aromatic rings. The molecule has 1 aromatic heterocycles. The quantitative estimate of drug-likeness (QED) is 0.732. The highest BCUT2D eigenvalue weighted by molar-refractivity contribution is 5.89. The fourth-order valence-electron chi connectivity index (χ4n) is 5.55. The number of hydrogen-bond donors (Lipinski definition) is 0. The lowest BCUT2D eigenvalue weighted by Gasteiger charge is -2.51. The number of likely N-dealkylation sites (tertiary alicyclic amines) is 1. The lowest BCUT2D eigenvalue weighted by atomic mass is 9.67. The van der Waals surface area contributed by atoms with Gasteiger partial charge in [-0.15, -0.1) is 0 Å². The van der Waals surface area contributed by atoms with Crippen LogP contribution in [0.4, 0.5) is 0 Å². The molecule has 2 fully saturated rings. The van der Waals surface area contributed by atoms with E-state index < -0.39 is 11.0 Å². The Morgan fingerprint density at radius 3 is 2.58 bits per heavy atom. The molecule has 1 amide bonds. The van der Waals surface area contributed by atoms with E-state index in [2.05, 4.69) is 24.0 Å². The van der Waals surface area contributed by atoms with Crippen molar-refractivity contribution in [2.45, 2.75) is 69.5 Å². The predicted molar refractivity (Wildman–Crippen MR) is 117 cm³/mol. The molecular weight excluding hydrogens is 390 g/mol. The fraction of sp³-hybridized carbons (Fsp3) is 0.560. The molecule has 0 atom stereocenters. The van der Waals surface area contributed by atoms with E-state index >= 15 is 0 Å². The Hall–Kier alpha value is -2.47. The van der Waals surface area contributed by atoms with Crippen LogP contribution in [0.2, 0.25) is 0 Å².